The van der Waals surface area contributed by atoms with Crippen molar-refractivity contribution in [2.45, 2.75) is 46.3 Å². The number of aliphatic hydroxyl groups is 1. The maximum Gasteiger partial charge on any atom is 0.273 e. The molecule has 1 amide bonds. The fraction of sp³-hybridized carbons (Fsp3) is 0.444. The van der Waals surface area contributed by atoms with E-state index in [9.17, 15) is 9.90 Å². The minimum atomic E-state index is -0.212. The highest BCUT2D eigenvalue weighted by atomic mass is 16.5. The number of amides is 1. The maximum atomic E-state index is 12.7. The SMILES string of the molecule is CCC(CC)n1nc(C)cc1C(=O)Nc1ccc(OC)c(CO)c1. The second-order valence-electron chi connectivity index (χ2n) is 5.72. The number of aryl methyl sites for hydroxylation is 1. The highest BCUT2D eigenvalue weighted by Crippen LogP contribution is 2.24. The van der Waals surface area contributed by atoms with Gasteiger partial charge in [0.05, 0.1) is 25.5 Å². The fourth-order valence-electron chi connectivity index (χ4n) is 2.77. The van der Waals surface area contributed by atoms with Gasteiger partial charge >= 0.3 is 0 Å². The normalized spacial score (nSPS) is 10.9. The van der Waals surface area contributed by atoms with Gasteiger partial charge < -0.3 is 15.2 Å². The summed E-state index contributed by atoms with van der Waals surface area (Å²) in [5, 5.41) is 16.7. The summed E-state index contributed by atoms with van der Waals surface area (Å²) in [4.78, 5) is 12.7. The van der Waals surface area contributed by atoms with E-state index in [1.54, 1.807) is 36.1 Å². The number of rotatable bonds is 7. The predicted molar refractivity (Wildman–Crippen MR) is 93.5 cm³/mol. The topological polar surface area (TPSA) is 76.4 Å². The second kappa shape index (κ2) is 7.97. The molecule has 2 rings (SSSR count). The lowest BCUT2D eigenvalue weighted by atomic mass is 10.1. The van der Waals surface area contributed by atoms with Crippen molar-refractivity contribution in [2.75, 3.05) is 12.4 Å². The largest absolute Gasteiger partial charge is 0.496 e. The molecular formula is C18H25N3O3. The van der Waals surface area contributed by atoms with Crippen molar-refractivity contribution in [2.24, 2.45) is 0 Å². The number of nitrogens with one attached hydrogen (secondary N) is 1. The smallest absolute Gasteiger partial charge is 0.273 e. The first-order chi connectivity index (χ1) is 11.5. The number of anilines is 1. The fourth-order valence-corrected chi connectivity index (χ4v) is 2.77. The molecule has 130 valence electrons. The minimum Gasteiger partial charge on any atom is -0.496 e. The van der Waals surface area contributed by atoms with Crippen LogP contribution in [0.1, 0.15) is 54.5 Å². The molecule has 0 aliphatic heterocycles. The highest BCUT2D eigenvalue weighted by molar-refractivity contribution is 6.03. The van der Waals surface area contributed by atoms with Crippen molar-refractivity contribution in [3.63, 3.8) is 0 Å². The van der Waals surface area contributed by atoms with Crippen LogP contribution in [0.3, 0.4) is 0 Å². The molecule has 0 radical (unpaired) electrons. The molecule has 1 heterocycles. The quantitative estimate of drug-likeness (QED) is 0.816. The van der Waals surface area contributed by atoms with Crippen LogP contribution in [0.2, 0.25) is 0 Å². The molecule has 0 saturated heterocycles. The first kappa shape index (κ1) is 18.0. The van der Waals surface area contributed by atoms with E-state index >= 15 is 0 Å². The molecule has 6 heteroatoms. The summed E-state index contributed by atoms with van der Waals surface area (Å²) in [6.07, 6.45) is 1.82. The van der Waals surface area contributed by atoms with Gasteiger partial charge in [0.25, 0.3) is 5.91 Å². The van der Waals surface area contributed by atoms with Gasteiger partial charge in [-0.05, 0) is 44.0 Å². The van der Waals surface area contributed by atoms with Gasteiger partial charge in [0.1, 0.15) is 11.4 Å². The molecule has 1 aromatic carbocycles. The van der Waals surface area contributed by atoms with Gasteiger partial charge in [-0.2, -0.15) is 5.10 Å². The van der Waals surface area contributed by atoms with Crippen LogP contribution in [-0.4, -0.2) is 27.9 Å². The van der Waals surface area contributed by atoms with E-state index in [0.717, 1.165) is 18.5 Å². The third-order valence-corrected chi connectivity index (χ3v) is 4.09. The first-order valence-corrected chi connectivity index (χ1v) is 8.19. The van der Waals surface area contributed by atoms with Crippen LogP contribution in [0.15, 0.2) is 24.3 Å². The predicted octanol–water partition coefficient (Wildman–Crippen LogP) is 3.31. The zero-order valence-electron chi connectivity index (χ0n) is 14.7. The number of nitrogens with zero attached hydrogens (tertiary/aromatic N) is 2. The molecule has 0 fully saturated rings. The van der Waals surface area contributed by atoms with Crippen molar-refractivity contribution in [3.8, 4) is 5.75 Å². The lowest BCUT2D eigenvalue weighted by molar-refractivity contribution is 0.101. The molecule has 2 aromatic rings. The molecule has 6 nitrogen and oxygen atoms in total. The average molecular weight is 331 g/mol. The van der Waals surface area contributed by atoms with Crippen LogP contribution in [0.4, 0.5) is 5.69 Å². The Bertz CT molecular complexity index is 706. The molecule has 2 N–H and O–H groups in total. The molecule has 0 aliphatic carbocycles. The molecular weight excluding hydrogens is 306 g/mol. The third kappa shape index (κ3) is 3.76. The first-order valence-electron chi connectivity index (χ1n) is 8.19. The summed E-state index contributed by atoms with van der Waals surface area (Å²) in [5.74, 6) is 0.380. The number of carbonyl (C=O) groups is 1. The molecule has 0 unspecified atom stereocenters. The van der Waals surface area contributed by atoms with Crippen LogP contribution in [-0.2, 0) is 6.61 Å². The Kier molecular flexibility index (Phi) is 5.98. The Balaban J connectivity index is 2.27. The van der Waals surface area contributed by atoms with Crippen LogP contribution in [0.5, 0.6) is 5.75 Å². The summed E-state index contributed by atoms with van der Waals surface area (Å²) < 4.78 is 6.98. The Labute approximate surface area is 142 Å². The molecule has 0 spiro atoms. The molecule has 24 heavy (non-hydrogen) atoms. The zero-order chi connectivity index (χ0) is 17.7. The number of hydrogen-bond donors (Lipinski definition) is 2. The van der Waals surface area contributed by atoms with Gasteiger partial charge in [-0.1, -0.05) is 13.8 Å². The van der Waals surface area contributed by atoms with Crippen molar-refractivity contribution in [1.82, 2.24) is 9.78 Å². The van der Waals surface area contributed by atoms with E-state index in [0.29, 0.717) is 22.7 Å². The number of aliphatic hydroxyl groups excluding tert-OH is 1. The lowest BCUT2D eigenvalue weighted by Crippen LogP contribution is -2.20. The van der Waals surface area contributed by atoms with Gasteiger partial charge in [-0.15, -0.1) is 0 Å². The van der Waals surface area contributed by atoms with E-state index in [1.807, 2.05) is 6.92 Å². The van der Waals surface area contributed by atoms with E-state index < -0.39 is 0 Å². The van der Waals surface area contributed by atoms with Crippen molar-refractivity contribution < 1.29 is 14.6 Å². The summed E-state index contributed by atoms with van der Waals surface area (Å²) in [6, 6.07) is 7.18. The summed E-state index contributed by atoms with van der Waals surface area (Å²) in [6.45, 7) is 5.90. The number of methoxy groups -OCH3 is 1. The third-order valence-electron chi connectivity index (χ3n) is 4.09. The number of aromatic nitrogens is 2. The van der Waals surface area contributed by atoms with E-state index in [-0.39, 0.29) is 18.6 Å². The molecule has 0 bridgehead atoms. The van der Waals surface area contributed by atoms with Gasteiger partial charge in [-0.25, -0.2) is 0 Å². The van der Waals surface area contributed by atoms with Crippen molar-refractivity contribution >= 4 is 11.6 Å². The maximum absolute atomic E-state index is 12.7. The minimum absolute atomic E-state index is 0.155. The Hall–Kier alpha value is -2.34. The summed E-state index contributed by atoms with van der Waals surface area (Å²) >= 11 is 0. The average Bonchev–Trinajstić information content (AvgIpc) is 2.97. The van der Waals surface area contributed by atoms with Crippen LogP contribution in [0.25, 0.3) is 0 Å². The summed E-state index contributed by atoms with van der Waals surface area (Å²) in [7, 11) is 1.55. The monoisotopic (exact) mass is 331 g/mol. The highest BCUT2D eigenvalue weighted by Gasteiger charge is 2.19. The van der Waals surface area contributed by atoms with Gasteiger partial charge in [-0.3, -0.25) is 9.48 Å². The van der Waals surface area contributed by atoms with Crippen LogP contribution < -0.4 is 10.1 Å². The van der Waals surface area contributed by atoms with Gasteiger partial charge in [0.2, 0.25) is 0 Å². The van der Waals surface area contributed by atoms with Crippen molar-refractivity contribution in [1.29, 1.82) is 0 Å². The Morgan fingerprint density at radius 2 is 2.04 bits per heavy atom. The number of ether oxygens (including phenoxy) is 1. The zero-order valence-corrected chi connectivity index (χ0v) is 14.7. The van der Waals surface area contributed by atoms with Gasteiger partial charge in [0.15, 0.2) is 0 Å². The Morgan fingerprint density at radius 1 is 1.33 bits per heavy atom. The van der Waals surface area contributed by atoms with Crippen molar-refractivity contribution in [3.05, 3.63) is 41.2 Å². The van der Waals surface area contributed by atoms with E-state index in [1.165, 1.54) is 0 Å². The number of carbonyl (C=O) groups excluding carboxylic acids is 1. The van der Waals surface area contributed by atoms with Crippen LogP contribution >= 0.6 is 0 Å². The van der Waals surface area contributed by atoms with Crippen LogP contribution in [0, 0.1) is 6.92 Å². The molecule has 1 aromatic heterocycles. The second-order valence-corrected chi connectivity index (χ2v) is 5.72. The molecule has 0 saturated carbocycles. The van der Waals surface area contributed by atoms with E-state index in [2.05, 4.69) is 24.3 Å². The molecule has 0 aliphatic rings. The van der Waals surface area contributed by atoms with Gasteiger partial charge in [0, 0.05) is 11.3 Å². The number of benzene rings is 1. The lowest BCUT2D eigenvalue weighted by Gasteiger charge is -2.16. The molecule has 0 atom stereocenters. The standard InChI is InChI=1S/C18H25N3O3/c1-5-15(6-2)21-16(9-12(3)20-21)18(23)19-14-7-8-17(24-4)13(10-14)11-22/h7-10,15,22H,5-6,11H2,1-4H3,(H,19,23). The Morgan fingerprint density at radius 3 is 2.62 bits per heavy atom. The van der Waals surface area contributed by atoms with E-state index in [4.69, 9.17) is 4.74 Å². The summed E-state index contributed by atoms with van der Waals surface area (Å²) in [5.41, 5.74) is 2.60. The number of hydrogen-bond acceptors (Lipinski definition) is 4.